The van der Waals surface area contributed by atoms with Crippen LogP contribution in [-0.2, 0) is 6.42 Å². The van der Waals surface area contributed by atoms with Crippen LogP contribution in [0.25, 0.3) is 22.6 Å². The van der Waals surface area contributed by atoms with E-state index in [1.807, 2.05) is 89.9 Å². The molecule has 162 valence electrons. The third kappa shape index (κ3) is 4.57. The summed E-state index contributed by atoms with van der Waals surface area (Å²) in [6, 6.07) is 23.4. The first-order valence-corrected chi connectivity index (χ1v) is 10.7. The lowest BCUT2D eigenvalue weighted by atomic mass is 10.1. The minimum atomic E-state index is -0.175. The van der Waals surface area contributed by atoms with Gasteiger partial charge in [-0.25, -0.2) is 9.36 Å². The van der Waals surface area contributed by atoms with Gasteiger partial charge in [-0.1, -0.05) is 36.4 Å². The van der Waals surface area contributed by atoms with E-state index in [1.54, 1.807) is 23.3 Å². The van der Waals surface area contributed by atoms with E-state index in [-0.39, 0.29) is 5.91 Å². The van der Waals surface area contributed by atoms with Gasteiger partial charge < -0.3 is 5.32 Å². The molecular formula is C26H22N6O. The van der Waals surface area contributed by atoms with Gasteiger partial charge in [-0.05, 0) is 48.4 Å². The molecule has 1 N–H and O–H groups in total. The minimum absolute atomic E-state index is 0.175. The van der Waals surface area contributed by atoms with Crippen LogP contribution in [0.5, 0.6) is 0 Å². The molecule has 1 amide bonds. The number of hydrogen-bond acceptors (Lipinski definition) is 4. The second-order valence-corrected chi connectivity index (χ2v) is 7.55. The van der Waals surface area contributed by atoms with Crippen LogP contribution in [0.3, 0.4) is 0 Å². The number of hydrogen-bond donors (Lipinski definition) is 1. The maximum Gasteiger partial charge on any atom is 0.255 e. The zero-order valence-corrected chi connectivity index (χ0v) is 17.9. The molecule has 7 nitrogen and oxygen atoms in total. The zero-order chi connectivity index (χ0) is 22.5. The lowest BCUT2D eigenvalue weighted by molar-refractivity contribution is 0.0954. The Morgan fingerprint density at radius 2 is 1.55 bits per heavy atom. The quantitative estimate of drug-likeness (QED) is 0.419. The maximum absolute atomic E-state index is 13.1. The summed E-state index contributed by atoms with van der Waals surface area (Å²) in [5.41, 5.74) is 4.83. The molecule has 0 radical (unpaired) electrons. The van der Waals surface area contributed by atoms with Crippen molar-refractivity contribution in [2.75, 3.05) is 6.54 Å². The third-order valence-electron chi connectivity index (χ3n) is 5.27. The van der Waals surface area contributed by atoms with Crippen molar-refractivity contribution in [2.45, 2.75) is 6.42 Å². The molecule has 0 unspecified atom stereocenters. The summed E-state index contributed by atoms with van der Waals surface area (Å²) in [4.78, 5) is 17.3. The van der Waals surface area contributed by atoms with Gasteiger partial charge in [0.25, 0.3) is 5.91 Å². The molecule has 33 heavy (non-hydrogen) atoms. The highest BCUT2D eigenvalue weighted by Gasteiger charge is 2.18. The van der Waals surface area contributed by atoms with E-state index in [0.717, 1.165) is 22.5 Å². The fourth-order valence-electron chi connectivity index (χ4n) is 3.60. The Hall–Kier alpha value is -4.52. The summed E-state index contributed by atoms with van der Waals surface area (Å²) in [6.45, 7) is 0.488. The highest BCUT2D eigenvalue weighted by Crippen LogP contribution is 2.23. The normalized spacial score (nSPS) is 10.8. The van der Waals surface area contributed by atoms with Crippen molar-refractivity contribution in [1.82, 2.24) is 29.9 Å². The highest BCUT2D eigenvalue weighted by atomic mass is 16.1. The first-order chi connectivity index (χ1) is 16.3. The molecular weight excluding hydrogens is 412 g/mol. The van der Waals surface area contributed by atoms with Gasteiger partial charge in [-0.3, -0.25) is 9.78 Å². The molecule has 3 heterocycles. The second kappa shape index (κ2) is 9.32. The Kier molecular flexibility index (Phi) is 5.75. The summed E-state index contributed by atoms with van der Waals surface area (Å²) in [5, 5.41) is 12.1. The van der Waals surface area contributed by atoms with Crippen LogP contribution in [0.4, 0.5) is 0 Å². The fraction of sp³-hybridized carbons (Fsp3) is 0.0769. The van der Waals surface area contributed by atoms with Crippen molar-refractivity contribution in [1.29, 1.82) is 0 Å². The van der Waals surface area contributed by atoms with E-state index in [1.165, 1.54) is 0 Å². The number of pyridine rings is 1. The molecule has 0 saturated heterocycles. The van der Waals surface area contributed by atoms with Crippen molar-refractivity contribution in [3.05, 3.63) is 115 Å². The zero-order valence-electron chi connectivity index (χ0n) is 17.9. The molecule has 0 fully saturated rings. The average molecular weight is 435 g/mol. The first-order valence-electron chi connectivity index (χ1n) is 10.7. The van der Waals surface area contributed by atoms with Crippen LogP contribution in [0.15, 0.2) is 104 Å². The number of aromatic nitrogens is 5. The molecule has 7 heteroatoms. The predicted molar refractivity (Wildman–Crippen MR) is 126 cm³/mol. The Labute approximate surface area is 191 Å². The van der Waals surface area contributed by atoms with Crippen LogP contribution in [0.2, 0.25) is 0 Å². The van der Waals surface area contributed by atoms with Crippen LogP contribution in [0.1, 0.15) is 15.9 Å². The van der Waals surface area contributed by atoms with E-state index in [2.05, 4.69) is 20.5 Å². The van der Waals surface area contributed by atoms with Gasteiger partial charge in [0.05, 0.1) is 23.1 Å². The number of carbonyl (C=O) groups excluding carboxylic acids is 1. The lowest BCUT2D eigenvalue weighted by Crippen LogP contribution is -2.25. The van der Waals surface area contributed by atoms with Gasteiger partial charge in [-0.15, -0.1) is 0 Å². The SMILES string of the molecule is O=C(NCCc1cnn(-c2ccccc2)c1)c1cn(-c2ccccc2)nc1-c1cccnc1. The van der Waals surface area contributed by atoms with Crippen LogP contribution in [-0.4, -0.2) is 37.0 Å². The predicted octanol–water partition coefficient (Wildman–Crippen LogP) is 4.09. The smallest absolute Gasteiger partial charge is 0.255 e. The number of carbonyl (C=O) groups is 1. The Bertz CT molecular complexity index is 1340. The molecule has 3 aromatic heterocycles. The van der Waals surface area contributed by atoms with Crippen molar-refractivity contribution in [3.63, 3.8) is 0 Å². The second-order valence-electron chi connectivity index (χ2n) is 7.55. The van der Waals surface area contributed by atoms with Crippen molar-refractivity contribution >= 4 is 5.91 Å². The maximum atomic E-state index is 13.1. The number of amides is 1. The van der Waals surface area contributed by atoms with Crippen LogP contribution >= 0.6 is 0 Å². The molecule has 0 saturated carbocycles. The van der Waals surface area contributed by atoms with E-state index in [4.69, 9.17) is 0 Å². The van der Waals surface area contributed by atoms with E-state index < -0.39 is 0 Å². The Balaban J connectivity index is 1.32. The third-order valence-corrected chi connectivity index (χ3v) is 5.27. The van der Waals surface area contributed by atoms with E-state index in [9.17, 15) is 4.79 Å². The monoisotopic (exact) mass is 434 g/mol. The van der Waals surface area contributed by atoms with Crippen LogP contribution < -0.4 is 5.32 Å². The molecule has 5 aromatic rings. The van der Waals surface area contributed by atoms with E-state index in [0.29, 0.717) is 24.2 Å². The van der Waals surface area contributed by atoms with Gasteiger partial charge in [0.1, 0.15) is 5.69 Å². The van der Waals surface area contributed by atoms with E-state index >= 15 is 0 Å². The summed E-state index contributed by atoms with van der Waals surface area (Å²) in [5.74, 6) is -0.175. The Morgan fingerprint density at radius 3 is 2.24 bits per heavy atom. The van der Waals surface area contributed by atoms with Gasteiger partial charge >= 0.3 is 0 Å². The van der Waals surface area contributed by atoms with Gasteiger partial charge in [-0.2, -0.15) is 10.2 Å². The molecule has 0 aliphatic rings. The standard InChI is InChI=1S/C26H22N6O/c33-26(28-15-13-20-16-29-31(18-20)22-9-3-1-4-10-22)24-19-32(23-11-5-2-6-12-23)30-25(24)21-8-7-14-27-17-21/h1-12,14,16-19H,13,15H2,(H,28,33). The van der Waals surface area contributed by atoms with Gasteiger partial charge in [0, 0.05) is 36.9 Å². The highest BCUT2D eigenvalue weighted by molar-refractivity contribution is 5.99. The topological polar surface area (TPSA) is 77.6 Å². The fourth-order valence-corrected chi connectivity index (χ4v) is 3.60. The minimum Gasteiger partial charge on any atom is -0.352 e. The Morgan fingerprint density at radius 1 is 0.818 bits per heavy atom. The summed E-state index contributed by atoms with van der Waals surface area (Å²) in [7, 11) is 0. The number of para-hydroxylation sites is 2. The molecule has 5 rings (SSSR count). The van der Waals surface area contributed by atoms with Crippen molar-refractivity contribution < 1.29 is 4.79 Å². The number of nitrogens with one attached hydrogen (secondary N) is 1. The first kappa shape index (κ1) is 20.4. The van der Waals surface area contributed by atoms with Gasteiger partial charge in [0.15, 0.2) is 0 Å². The van der Waals surface area contributed by atoms with Gasteiger partial charge in [0.2, 0.25) is 0 Å². The summed E-state index contributed by atoms with van der Waals surface area (Å²) < 4.78 is 3.56. The summed E-state index contributed by atoms with van der Waals surface area (Å²) in [6.07, 6.45) is 9.66. The van der Waals surface area contributed by atoms with Crippen molar-refractivity contribution in [2.24, 2.45) is 0 Å². The molecule has 2 aromatic carbocycles. The molecule has 0 aliphatic carbocycles. The number of benzene rings is 2. The number of rotatable bonds is 7. The molecule has 0 atom stereocenters. The lowest BCUT2D eigenvalue weighted by Gasteiger charge is -2.04. The number of nitrogens with zero attached hydrogens (tertiary/aromatic N) is 5. The molecule has 0 aliphatic heterocycles. The average Bonchev–Trinajstić information content (AvgIpc) is 3.54. The summed E-state index contributed by atoms with van der Waals surface area (Å²) >= 11 is 0. The van der Waals surface area contributed by atoms with Crippen LogP contribution in [0, 0.1) is 0 Å². The van der Waals surface area contributed by atoms with Crippen molar-refractivity contribution in [3.8, 4) is 22.6 Å². The molecule has 0 spiro atoms. The molecule has 0 bridgehead atoms. The largest absolute Gasteiger partial charge is 0.352 e.